The molecule has 0 saturated carbocycles. The summed E-state index contributed by atoms with van der Waals surface area (Å²) in [7, 11) is 3.80. The molecular formula is C16H24N4O. The fraction of sp³-hybridized carbons (Fsp3) is 0.500. The molecular weight excluding hydrogens is 264 g/mol. The van der Waals surface area contributed by atoms with Crippen LogP contribution in [0.3, 0.4) is 0 Å². The van der Waals surface area contributed by atoms with Crippen molar-refractivity contribution in [2.45, 2.75) is 32.9 Å². The quantitative estimate of drug-likeness (QED) is 0.785. The lowest BCUT2D eigenvalue weighted by Gasteiger charge is -2.25. The SMILES string of the molecule is CC[C@@H](c1ncnn1Cc1ccc(OC)cc1)N(C)CC. The summed E-state index contributed by atoms with van der Waals surface area (Å²) in [6, 6.07) is 8.38. The Morgan fingerprint density at radius 3 is 2.52 bits per heavy atom. The number of ether oxygens (including phenoxy) is 1. The minimum absolute atomic E-state index is 0.302. The molecule has 0 aliphatic heterocycles. The van der Waals surface area contributed by atoms with Crippen LogP contribution in [0, 0.1) is 0 Å². The number of benzene rings is 1. The first-order valence-electron chi connectivity index (χ1n) is 7.40. The van der Waals surface area contributed by atoms with Gasteiger partial charge in [0.1, 0.15) is 17.9 Å². The Kier molecular flexibility index (Phi) is 5.33. The molecule has 2 rings (SSSR count). The topological polar surface area (TPSA) is 43.2 Å². The Hall–Kier alpha value is -1.88. The molecule has 0 saturated heterocycles. The van der Waals surface area contributed by atoms with Gasteiger partial charge in [0.25, 0.3) is 0 Å². The highest BCUT2D eigenvalue weighted by molar-refractivity contribution is 5.27. The zero-order chi connectivity index (χ0) is 15.2. The molecule has 2 aromatic rings. The van der Waals surface area contributed by atoms with Crippen molar-refractivity contribution in [2.75, 3.05) is 20.7 Å². The number of methoxy groups -OCH3 is 1. The molecule has 0 aliphatic rings. The van der Waals surface area contributed by atoms with Crippen LogP contribution < -0.4 is 4.74 Å². The third kappa shape index (κ3) is 3.61. The maximum Gasteiger partial charge on any atom is 0.144 e. The Balaban J connectivity index is 2.19. The third-order valence-corrected chi connectivity index (χ3v) is 3.85. The van der Waals surface area contributed by atoms with E-state index in [1.807, 2.05) is 16.8 Å². The second kappa shape index (κ2) is 7.22. The van der Waals surface area contributed by atoms with E-state index in [-0.39, 0.29) is 0 Å². The van der Waals surface area contributed by atoms with Crippen LogP contribution in [-0.4, -0.2) is 40.4 Å². The molecule has 0 spiro atoms. The first-order valence-corrected chi connectivity index (χ1v) is 7.40. The second-order valence-electron chi connectivity index (χ2n) is 5.12. The van der Waals surface area contributed by atoms with Gasteiger partial charge in [0.2, 0.25) is 0 Å². The van der Waals surface area contributed by atoms with E-state index in [0.29, 0.717) is 6.04 Å². The lowest BCUT2D eigenvalue weighted by Crippen LogP contribution is -2.27. The van der Waals surface area contributed by atoms with Crippen molar-refractivity contribution in [1.29, 1.82) is 0 Å². The minimum Gasteiger partial charge on any atom is -0.497 e. The molecule has 5 nitrogen and oxygen atoms in total. The van der Waals surface area contributed by atoms with Gasteiger partial charge in [-0.2, -0.15) is 5.10 Å². The largest absolute Gasteiger partial charge is 0.497 e. The van der Waals surface area contributed by atoms with E-state index >= 15 is 0 Å². The zero-order valence-electron chi connectivity index (χ0n) is 13.3. The molecule has 1 aromatic heterocycles. The predicted octanol–water partition coefficient (Wildman–Crippen LogP) is 2.74. The van der Waals surface area contributed by atoms with E-state index in [2.05, 4.69) is 48.0 Å². The summed E-state index contributed by atoms with van der Waals surface area (Å²) in [5.74, 6) is 1.90. The highest BCUT2D eigenvalue weighted by Gasteiger charge is 2.19. The zero-order valence-corrected chi connectivity index (χ0v) is 13.3. The van der Waals surface area contributed by atoms with Gasteiger partial charge >= 0.3 is 0 Å². The van der Waals surface area contributed by atoms with Crippen LogP contribution in [0.2, 0.25) is 0 Å². The first-order chi connectivity index (χ1) is 10.2. The van der Waals surface area contributed by atoms with Crippen LogP contribution in [0.25, 0.3) is 0 Å². The smallest absolute Gasteiger partial charge is 0.144 e. The summed E-state index contributed by atoms with van der Waals surface area (Å²) >= 11 is 0. The van der Waals surface area contributed by atoms with Crippen molar-refractivity contribution in [2.24, 2.45) is 0 Å². The van der Waals surface area contributed by atoms with Gasteiger partial charge in [-0.05, 0) is 37.7 Å². The molecule has 0 fully saturated rings. The Morgan fingerprint density at radius 1 is 1.24 bits per heavy atom. The lowest BCUT2D eigenvalue weighted by atomic mass is 10.1. The van der Waals surface area contributed by atoms with E-state index in [9.17, 15) is 0 Å². The van der Waals surface area contributed by atoms with Crippen molar-refractivity contribution >= 4 is 0 Å². The van der Waals surface area contributed by atoms with E-state index in [1.165, 1.54) is 5.56 Å². The van der Waals surface area contributed by atoms with Gasteiger partial charge in [0.15, 0.2) is 0 Å². The standard InChI is InChI=1S/C16H24N4O/c1-5-15(19(3)6-2)16-17-12-18-20(16)11-13-7-9-14(21-4)10-8-13/h7-10,12,15H,5-6,11H2,1-4H3/t15-/m0/s1. The van der Waals surface area contributed by atoms with Crippen molar-refractivity contribution in [1.82, 2.24) is 19.7 Å². The van der Waals surface area contributed by atoms with Gasteiger partial charge in [0.05, 0.1) is 19.7 Å². The molecule has 0 bridgehead atoms. The first kappa shape index (κ1) is 15.5. The van der Waals surface area contributed by atoms with Gasteiger partial charge < -0.3 is 4.74 Å². The van der Waals surface area contributed by atoms with Gasteiger partial charge in [0, 0.05) is 0 Å². The maximum absolute atomic E-state index is 5.19. The second-order valence-corrected chi connectivity index (χ2v) is 5.12. The van der Waals surface area contributed by atoms with E-state index < -0.39 is 0 Å². The molecule has 1 aromatic carbocycles. The highest BCUT2D eigenvalue weighted by Crippen LogP contribution is 2.21. The molecule has 0 unspecified atom stereocenters. The van der Waals surface area contributed by atoms with Crippen LogP contribution >= 0.6 is 0 Å². The number of hydrogen-bond donors (Lipinski definition) is 0. The van der Waals surface area contributed by atoms with Crippen molar-refractivity contribution in [3.8, 4) is 5.75 Å². The van der Waals surface area contributed by atoms with E-state index in [0.717, 1.165) is 31.1 Å². The summed E-state index contributed by atoms with van der Waals surface area (Å²) in [5, 5.41) is 4.39. The molecule has 0 radical (unpaired) electrons. The lowest BCUT2D eigenvalue weighted by molar-refractivity contribution is 0.234. The highest BCUT2D eigenvalue weighted by atomic mass is 16.5. The summed E-state index contributed by atoms with van der Waals surface area (Å²) < 4.78 is 7.18. The normalized spacial score (nSPS) is 12.6. The summed E-state index contributed by atoms with van der Waals surface area (Å²) in [4.78, 5) is 6.77. The molecule has 1 atom stereocenters. The van der Waals surface area contributed by atoms with Gasteiger partial charge in [-0.25, -0.2) is 9.67 Å². The Bertz CT molecular complexity index is 550. The minimum atomic E-state index is 0.302. The van der Waals surface area contributed by atoms with Crippen LogP contribution in [-0.2, 0) is 6.54 Å². The molecule has 1 heterocycles. The summed E-state index contributed by atoms with van der Waals surface area (Å²) in [5.41, 5.74) is 1.19. The van der Waals surface area contributed by atoms with Crippen molar-refractivity contribution in [3.63, 3.8) is 0 Å². The van der Waals surface area contributed by atoms with Crippen LogP contribution in [0.15, 0.2) is 30.6 Å². The number of nitrogens with zero attached hydrogens (tertiary/aromatic N) is 4. The van der Waals surface area contributed by atoms with E-state index in [4.69, 9.17) is 4.74 Å². The molecule has 0 aliphatic carbocycles. The van der Waals surface area contributed by atoms with Crippen molar-refractivity contribution in [3.05, 3.63) is 42.0 Å². The number of rotatable bonds is 7. The average molecular weight is 288 g/mol. The fourth-order valence-electron chi connectivity index (χ4n) is 2.47. The Morgan fingerprint density at radius 2 is 1.95 bits per heavy atom. The monoisotopic (exact) mass is 288 g/mol. The third-order valence-electron chi connectivity index (χ3n) is 3.85. The molecule has 5 heteroatoms. The number of hydrogen-bond acceptors (Lipinski definition) is 4. The number of aromatic nitrogens is 3. The summed E-state index contributed by atoms with van der Waals surface area (Å²) in [6.45, 7) is 6.07. The molecule has 21 heavy (non-hydrogen) atoms. The average Bonchev–Trinajstić information content (AvgIpc) is 2.96. The fourth-order valence-corrected chi connectivity index (χ4v) is 2.47. The van der Waals surface area contributed by atoms with Crippen LogP contribution in [0.1, 0.15) is 37.7 Å². The predicted molar refractivity (Wildman–Crippen MR) is 83.5 cm³/mol. The van der Waals surface area contributed by atoms with Gasteiger partial charge in [-0.1, -0.05) is 26.0 Å². The summed E-state index contributed by atoms with van der Waals surface area (Å²) in [6.07, 6.45) is 2.66. The van der Waals surface area contributed by atoms with Gasteiger partial charge in [-0.3, -0.25) is 4.90 Å². The van der Waals surface area contributed by atoms with Gasteiger partial charge in [-0.15, -0.1) is 0 Å². The van der Waals surface area contributed by atoms with Crippen LogP contribution in [0.5, 0.6) is 5.75 Å². The maximum atomic E-state index is 5.19. The molecule has 114 valence electrons. The van der Waals surface area contributed by atoms with E-state index in [1.54, 1.807) is 13.4 Å². The van der Waals surface area contributed by atoms with Crippen molar-refractivity contribution < 1.29 is 4.74 Å². The Labute approximate surface area is 126 Å². The van der Waals surface area contributed by atoms with Crippen LogP contribution in [0.4, 0.5) is 0 Å². The molecule has 0 N–H and O–H groups in total. The molecule has 0 amide bonds.